The fourth-order valence-electron chi connectivity index (χ4n) is 2.23. The van der Waals surface area contributed by atoms with E-state index in [1.54, 1.807) is 38.4 Å². The second-order valence-electron chi connectivity index (χ2n) is 5.98. The topological polar surface area (TPSA) is 61.4 Å². The molecule has 0 saturated heterocycles. The molecule has 0 spiro atoms. The van der Waals surface area contributed by atoms with Crippen molar-refractivity contribution in [3.63, 3.8) is 0 Å². The molecule has 2 aromatic carbocycles. The summed E-state index contributed by atoms with van der Waals surface area (Å²) in [4.78, 5) is 25.5. The lowest BCUT2D eigenvalue weighted by molar-refractivity contribution is -0.114. The zero-order valence-corrected chi connectivity index (χ0v) is 14.5. The van der Waals surface area contributed by atoms with E-state index in [1.165, 1.54) is 16.0 Å². The van der Waals surface area contributed by atoms with Gasteiger partial charge in [0.2, 0.25) is 5.91 Å². The van der Waals surface area contributed by atoms with Crippen LogP contribution in [-0.4, -0.2) is 37.4 Å². The van der Waals surface area contributed by atoms with Gasteiger partial charge in [-0.3, -0.25) is 9.59 Å². The van der Waals surface area contributed by atoms with E-state index in [0.717, 1.165) is 5.69 Å². The molecule has 2 aromatic rings. The summed E-state index contributed by atoms with van der Waals surface area (Å²) >= 11 is 0. The largest absolute Gasteiger partial charge is 0.376 e. The number of aryl methyl sites for hydroxylation is 2. The number of benzene rings is 2. The van der Waals surface area contributed by atoms with Crippen LogP contribution in [0.2, 0.25) is 0 Å². The Balaban J connectivity index is 1.96. The molecular formula is C19H23N3O2. The van der Waals surface area contributed by atoms with Gasteiger partial charge >= 0.3 is 0 Å². The number of anilines is 2. The van der Waals surface area contributed by atoms with Gasteiger partial charge in [0.1, 0.15) is 0 Å². The summed E-state index contributed by atoms with van der Waals surface area (Å²) in [6, 6.07) is 12.9. The minimum absolute atomic E-state index is 0.0978. The smallest absolute Gasteiger partial charge is 0.253 e. The molecule has 0 unspecified atom stereocenters. The molecule has 2 rings (SSSR count). The predicted octanol–water partition coefficient (Wildman–Crippen LogP) is 3.06. The van der Waals surface area contributed by atoms with Crippen LogP contribution in [-0.2, 0) is 4.79 Å². The molecule has 0 aliphatic rings. The van der Waals surface area contributed by atoms with Crippen molar-refractivity contribution in [2.24, 2.45) is 0 Å². The molecule has 0 aromatic heterocycles. The van der Waals surface area contributed by atoms with Crippen LogP contribution in [0.1, 0.15) is 21.5 Å². The molecule has 5 heteroatoms. The first-order valence-corrected chi connectivity index (χ1v) is 7.79. The highest BCUT2D eigenvalue weighted by Gasteiger charge is 2.09. The van der Waals surface area contributed by atoms with E-state index in [2.05, 4.69) is 10.6 Å². The maximum absolute atomic E-state index is 12.1. The normalized spacial score (nSPS) is 10.2. The van der Waals surface area contributed by atoms with Crippen LogP contribution in [0.3, 0.4) is 0 Å². The van der Waals surface area contributed by atoms with E-state index in [-0.39, 0.29) is 18.4 Å². The van der Waals surface area contributed by atoms with Crippen molar-refractivity contribution in [3.8, 4) is 0 Å². The lowest BCUT2D eigenvalue weighted by atomic mass is 10.1. The first kappa shape index (κ1) is 17.5. The summed E-state index contributed by atoms with van der Waals surface area (Å²) in [5.74, 6) is -0.262. The number of nitrogens with zero attached hydrogens (tertiary/aromatic N) is 1. The van der Waals surface area contributed by atoms with E-state index in [0.29, 0.717) is 11.3 Å². The van der Waals surface area contributed by atoms with E-state index >= 15 is 0 Å². The van der Waals surface area contributed by atoms with Gasteiger partial charge in [-0.15, -0.1) is 0 Å². The van der Waals surface area contributed by atoms with Gasteiger partial charge < -0.3 is 15.5 Å². The minimum atomic E-state index is -0.164. The van der Waals surface area contributed by atoms with Crippen LogP contribution in [0.15, 0.2) is 42.5 Å². The van der Waals surface area contributed by atoms with Crippen molar-refractivity contribution in [2.45, 2.75) is 13.8 Å². The van der Waals surface area contributed by atoms with Crippen molar-refractivity contribution in [1.82, 2.24) is 4.90 Å². The summed E-state index contributed by atoms with van der Waals surface area (Å²) in [7, 11) is 3.39. The molecule has 0 heterocycles. The highest BCUT2D eigenvalue weighted by molar-refractivity contribution is 5.97. The lowest BCUT2D eigenvalue weighted by Gasteiger charge is -2.12. The van der Waals surface area contributed by atoms with Crippen LogP contribution in [0.25, 0.3) is 0 Å². The monoisotopic (exact) mass is 325 g/mol. The Labute approximate surface area is 142 Å². The highest BCUT2D eigenvalue weighted by Crippen LogP contribution is 2.14. The molecule has 24 heavy (non-hydrogen) atoms. The number of rotatable bonds is 5. The van der Waals surface area contributed by atoms with Crippen molar-refractivity contribution in [1.29, 1.82) is 0 Å². The summed E-state index contributed by atoms with van der Waals surface area (Å²) in [5, 5.41) is 5.90. The van der Waals surface area contributed by atoms with Gasteiger partial charge in [0.15, 0.2) is 0 Å². The highest BCUT2D eigenvalue weighted by atomic mass is 16.2. The van der Waals surface area contributed by atoms with Gasteiger partial charge in [-0.2, -0.15) is 0 Å². The van der Waals surface area contributed by atoms with Crippen LogP contribution >= 0.6 is 0 Å². The predicted molar refractivity (Wildman–Crippen MR) is 97.5 cm³/mol. The molecule has 126 valence electrons. The SMILES string of the molecule is Cc1ccc(NCC(=O)Nc2cccc(C(=O)N(C)C)c2)cc1C. The molecule has 0 fully saturated rings. The average Bonchev–Trinajstić information content (AvgIpc) is 2.55. The van der Waals surface area contributed by atoms with Crippen LogP contribution in [0.4, 0.5) is 11.4 Å². The van der Waals surface area contributed by atoms with Gasteiger partial charge in [-0.05, 0) is 55.3 Å². The van der Waals surface area contributed by atoms with Crippen LogP contribution < -0.4 is 10.6 Å². The van der Waals surface area contributed by atoms with Gasteiger partial charge in [-0.25, -0.2) is 0 Å². The van der Waals surface area contributed by atoms with E-state index < -0.39 is 0 Å². The van der Waals surface area contributed by atoms with Gasteiger partial charge in [0, 0.05) is 31.0 Å². The third-order valence-electron chi connectivity index (χ3n) is 3.76. The molecular weight excluding hydrogens is 302 g/mol. The van der Waals surface area contributed by atoms with E-state index in [1.807, 2.05) is 32.0 Å². The fourth-order valence-corrected chi connectivity index (χ4v) is 2.23. The molecule has 2 amide bonds. The molecule has 0 saturated carbocycles. The number of carbonyl (C=O) groups excluding carboxylic acids is 2. The van der Waals surface area contributed by atoms with Crippen LogP contribution in [0.5, 0.6) is 0 Å². The van der Waals surface area contributed by atoms with Crippen LogP contribution in [0, 0.1) is 13.8 Å². The Hall–Kier alpha value is -2.82. The summed E-state index contributed by atoms with van der Waals surface area (Å²) in [6.45, 7) is 4.25. The Kier molecular flexibility index (Phi) is 5.58. The summed E-state index contributed by atoms with van der Waals surface area (Å²) in [5.41, 5.74) is 4.45. The maximum atomic E-state index is 12.1. The average molecular weight is 325 g/mol. The second kappa shape index (κ2) is 7.64. The Morgan fingerprint density at radius 2 is 1.71 bits per heavy atom. The van der Waals surface area contributed by atoms with Gasteiger partial charge in [0.05, 0.1) is 6.54 Å². The molecule has 0 aliphatic carbocycles. The summed E-state index contributed by atoms with van der Waals surface area (Å²) < 4.78 is 0. The first-order chi connectivity index (χ1) is 11.4. The number of nitrogens with one attached hydrogen (secondary N) is 2. The third-order valence-corrected chi connectivity index (χ3v) is 3.76. The van der Waals surface area contributed by atoms with E-state index in [4.69, 9.17) is 0 Å². The lowest BCUT2D eigenvalue weighted by Crippen LogP contribution is -2.23. The quantitative estimate of drug-likeness (QED) is 0.888. The molecule has 0 aliphatic heterocycles. The number of amides is 2. The first-order valence-electron chi connectivity index (χ1n) is 7.79. The minimum Gasteiger partial charge on any atom is -0.376 e. The zero-order chi connectivity index (χ0) is 17.7. The molecule has 0 atom stereocenters. The third kappa shape index (κ3) is 4.59. The van der Waals surface area contributed by atoms with Crippen molar-refractivity contribution >= 4 is 23.2 Å². The molecule has 0 radical (unpaired) electrons. The maximum Gasteiger partial charge on any atom is 0.253 e. The standard InChI is InChI=1S/C19H23N3O2/c1-13-8-9-16(10-14(13)2)20-12-18(23)21-17-7-5-6-15(11-17)19(24)22(3)4/h5-11,20H,12H2,1-4H3,(H,21,23). The number of hydrogen-bond acceptors (Lipinski definition) is 3. The van der Waals surface area contributed by atoms with Crippen molar-refractivity contribution < 1.29 is 9.59 Å². The van der Waals surface area contributed by atoms with Gasteiger partial charge in [-0.1, -0.05) is 12.1 Å². The molecule has 2 N–H and O–H groups in total. The molecule has 5 nitrogen and oxygen atoms in total. The Morgan fingerprint density at radius 1 is 0.958 bits per heavy atom. The number of hydrogen-bond donors (Lipinski definition) is 2. The van der Waals surface area contributed by atoms with E-state index in [9.17, 15) is 9.59 Å². The number of carbonyl (C=O) groups is 2. The Bertz CT molecular complexity index is 754. The van der Waals surface area contributed by atoms with Crippen molar-refractivity contribution in [2.75, 3.05) is 31.3 Å². The summed E-state index contributed by atoms with van der Waals surface area (Å²) in [6.07, 6.45) is 0. The molecule has 0 bridgehead atoms. The Morgan fingerprint density at radius 3 is 2.38 bits per heavy atom. The van der Waals surface area contributed by atoms with Crippen molar-refractivity contribution in [3.05, 3.63) is 59.2 Å². The van der Waals surface area contributed by atoms with Gasteiger partial charge in [0.25, 0.3) is 5.91 Å². The second-order valence-corrected chi connectivity index (χ2v) is 5.98. The zero-order valence-electron chi connectivity index (χ0n) is 14.5. The fraction of sp³-hybridized carbons (Fsp3) is 0.263.